The molecule has 0 radical (unpaired) electrons. The van der Waals surface area contributed by atoms with E-state index in [2.05, 4.69) is 9.97 Å². The summed E-state index contributed by atoms with van der Waals surface area (Å²) in [5.74, 6) is -0.932. The summed E-state index contributed by atoms with van der Waals surface area (Å²) in [6.45, 7) is 0. The Morgan fingerprint density at radius 1 is 1.47 bits per heavy atom. The van der Waals surface area contributed by atoms with Crippen LogP contribution in [0.5, 0.6) is 0 Å². The first-order chi connectivity index (χ1) is 9.15. The molecule has 2 aromatic rings. The first-order valence-corrected chi connectivity index (χ1v) is 6.88. The summed E-state index contributed by atoms with van der Waals surface area (Å²) in [7, 11) is 1.88. The van der Waals surface area contributed by atoms with Crippen molar-refractivity contribution >= 4 is 17.7 Å². The summed E-state index contributed by atoms with van der Waals surface area (Å²) in [6, 6.07) is 1.77. The molecule has 0 aromatic carbocycles. The number of carboxylic acid groups (broad SMARTS) is 1. The molecule has 0 saturated heterocycles. The summed E-state index contributed by atoms with van der Waals surface area (Å²) in [5.41, 5.74) is 2.37. The molecule has 6 heteroatoms. The third-order valence-corrected chi connectivity index (χ3v) is 4.29. The Balaban J connectivity index is 2.04. The van der Waals surface area contributed by atoms with E-state index >= 15 is 0 Å². The highest BCUT2D eigenvalue weighted by molar-refractivity contribution is 7.99. The van der Waals surface area contributed by atoms with E-state index in [4.69, 9.17) is 0 Å². The second-order valence-electron chi connectivity index (χ2n) is 4.53. The van der Waals surface area contributed by atoms with E-state index in [0.29, 0.717) is 5.03 Å². The summed E-state index contributed by atoms with van der Waals surface area (Å²) in [6.07, 6.45) is 6.43. The lowest BCUT2D eigenvalue weighted by Crippen LogP contribution is -2.04. The third kappa shape index (κ3) is 2.23. The zero-order valence-electron chi connectivity index (χ0n) is 10.5. The van der Waals surface area contributed by atoms with E-state index in [-0.39, 0.29) is 5.56 Å². The minimum absolute atomic E-state index is 0.272. The smallest absolute Gasteiger partial charge is 0.338 e. The standard InChI is InChI=1S/C13H13N3O2S/c1-16-6-5-14-13(16)19-11-9(12(17)18)7-8-3-2-4-10(8)15-11/h5-7H,2-4H2,1H3,(H,17,18). The molecule has 1 aliphatic rings. The van der Waals surface area contributed by atoms with Gasteiger partial charge in [-0.15, -0.1) is 0 Å². The van der Waals surface area contributed by atoms with Crippen LogP contribution in [0.1, 0.15) is 28.0 Å². The molecular weight excluding hydrogens is 262 g/mol. The maximum absolute atomic E-state index is 11.4. The Hall–Kier alpha value is -1.82. The van der Waals surface area contributed by atoms with Gasteiger partial charge in [-0.3, -0.25) is 0 Å². The molecule has 0 aliphatic heterocycles. The first kappa shape index (κ1) is 12.2. The van der Waals surface area contributed by atoms with Gasteiger partial charge in [0.2, 0.25) is 0 Å². The van der Waals surface area contributed by atoms with Crippen LogP contribution in [0.4, 0.5) is 0 Å². The summed E-state index contributed by atoms with van der Waals surface area (Å²) in [5, 5.41) is 10.6. The van der Waals surface area contributed by atoms with Gasteiger partial charge in [-0.2, -0.15) is 0 Å². The fourth-order valence-electron chi connectivity index (χ4n) is 2.22. The molecule has 1 aliphatic carbocycles. The van der Waals surface area contributed by atoms with Crippen LogP contribution in [0.15, 0.2) is 28.6 Å². The largest absolute Gasteiger partial charge is 0.478 e. The average molecular weight is 275 g/mol. The van der Waals surface area contributed by atoms with Gasteiger partial charge in [0.15, 0.2) is 5.16 Å². The van der Waals surface area contributed by atoms with Crippen LogP contribution in [0.2, 0.25) is 0 Å². The van der Waals surface area contributed by atoms with Crippen molar-refractivity contribution in [2.75, 3.05) is 0 Å². The highest BCUT2D eigenvalue weighted by atomic mass is 32.2. The molecule has 98 valence electrons. The van der Waals surface area contributed by atoms with Crippen molar-refractivity contribution in [2.24, 2.45) is 7.05 Å². The molecule has 0 atom stereocenters. The van der Waals surface area contributed by atoms with Gasteiger partial charge >= 0.3 is 5.97 Å². The molecule has 0 saturated carbocycles. The van der Waals surface area contributed by atoms with Crippen molar-refractivity contribution in [3.8, 4) is 0 Å². The zero-order chi connectivity index (χ0) is 13.4. The Labute approximate surface area is 114 Å². The average Bonchev–Trinajstić information content (AvgIpc) is 2.97. The van der Waals surface area contributed by atoms with Gasteiger partial charge in [-0.25, -0.2) is 14.8 Å². The maximum Gasteiger partial charge on any atom is 0.338 e. The number of carbonyl (C=O) groups is 1. The van der Waals surface area contributed by atoms with Gasteiger partial charge in [-0.05, 0) is 42.7 Å². The molecule has 2 heterocycles. The van der Waals surface area contributed by atoms with Crippen LogP contribution in [0, 0.1) is 0 Å². The second kappa shape index (κ2) is 4.70. The number of pyridine rings is 1. The van der Waals surface area contributed by atoms with E-state index in [0.717, 1.165) is 35.7 Å². The summed E-state index contributed by atoms with van der Waals surface area (Å²) in [4.78, 5) is 20.1. The van der Waals surface area contributed by atoms with Gasteiger partial charge in [0.25, 0.3) is 0 Å². The van der Waals surface area contributed by atoms with Crippen molar-refractivity contribution < 1.29 is 9.90 Å². The third-order valence-electron chi connectivity index (χ3n) is 3.21. The van der Waals surface area contributed by atoms with Crippen molar-refractivity contribution in [2.45, 2.75) is 29.4 Å². The van der Waals surface area contributed by atoms with E-state index in [1.165, 1.54) is 11.8 Å². The van der Waals surface area contributed by atoms with Crippen LogP contribution in [0.25, 0.3) is 0 Å². The van der Waals surface area contributed by atoms with Crippen molar-refractivity contribution in [1.82, 2.24) is 14.5 Å². The molecule has 5 nitrogen and oxygen atoms in total. The second-order valence-corrected chi connectivity index (χ2v) is 5.48. The summed E-state index contributed by atoms with van der Waals surface area (Å²) < 4.78 is 1.85. The van der Waals surface area contributed by atoms with Gasteiger partial charge in [0.05, 0.1) is 5.56 Å². The highest BCUT2D eigenvalue weighted by Crippen LogP contribution is 2.31. The molecule has 0 unspecified atom stereocenters. The van der Waals surface area contributed by atoms with Crippen molar-refractivity contribution in [1.29, 1.82) is 0 Å². The molecular formula is C13H13N3O2S. The number of hydrogen-bond acceptors (Lipinski definition) is 4. The first-order valence-electron chi connectivity index (χ1n) is 6.06. The normalized spacial score (nSPS) is 13.5. The van der Waals surface area contributed by atoms with E-state index in [1.807, 2.05) is 17.8 Å². The van der Waals surface area contributed by atoms with Crippen LogP contribution in [-0.2, 0) is 19.9 Å². The fraction of sp³-hybridized carbons (Fsp3) is 0.308. The van der Waals surface area contributed by atoms with Crippen LogP contribution in [-0.4, -0.2) is 25.6 Å². The number of aromatic nitrogens is 3. The zero-order valence-corrected chi connectivity index (χ0v) is 11.3. The number of carboxylic acids is 1. The Bertz CT molecular complexity index is 651. The number of hydrogen-bond donors (Lipinski definition) is 1. The molecule has 0 bridgehead atoms. The minimum atomic E-state index is -0.932. The van der Waals surface area contributed by atoms with Gasteiger partial charge in [0.1, 0.15) is 5.03 Å². The van der Waals surface area contributed by atoms with Gasteiger partial charge in [-0.1, -0.05) is 0 Å². The lowest BCUT2D eigenvalue weighted by Gasteiger charge is -2.08. The van der Waals surface area contributed by atoms with E-state index < -0.39 is 5.97 Å². The fourth-order valence-corrected chi connectivity index (χ4v) is 3.12. The van der Waals surface area contributed by atoms with Gasteiger partial charge in [0, 0.05) is 25.1 Å². The minimum Gasteiger partial charge on any atom is -0.478 e. The predicted octanol–water partition coefficient (Wildman–Crippen LogP) is 2.15. The number of aromatic carboxylic acids is 1. The number of nitrogens with zero attached hydrogens (tertiary/aromatic N) is 3. The Kier molecular flexibility index (Phi) is 3.02. The topological polar surface area (TPSA) is 68.0 Å². The van der Waals surface area contributed by atoms with E-state index in [9.17, 15) is 9.90 Å². The molecule has 0 amide bonds. The highest BCUT2D eigenvalue weighted by Gasteiger charge is 2.21. The van der Waals surface area contributed by atoms with Crippen molar-refractivity contribution in [3.63, 3.8) is 0 Å². The predicted molar refractivity (Wildman–Crippen MR) is 70.6 cm³/mol. The molecule has 3 rings (SSSR count). The quantitative estimate of drug-likeness (QED) is 0.929. The monoisotopic (exact) mass is 275 g/mol. The molecule has 19 heavy (non-hydrogen) atoms. The Morgan fingerprint density at radius 2 is 2.32 bits per heavy atom. The maximum atomic E-state index is 11.4. The molecule has 0 spiro atoms. The Morgan fingerprint density at radius 3 is 3.00 bits per heavy atom. The molecule has 2 aromatic heterocycles. The van der Waals surface area contributed by atoms with Crippen LogP contribution >= 0.6 is 11.8 Å². The number of fused-ring (bicyclic) bond motifs is 1. The number of imidazole rings is 1. The lowest BCUT2D eigenvalue weighted by atomic mass is 10.1. The number of rotatable bonds is 3. The van der Waals surface area contributed by atoms with Gasteiger partial charge < -0.3 is 9.67 Å². The van der Waals surface area contributed by atoms with Crippen LogP contribution in [0.3, 0.4) is 0 Å². The van der Waals surface area contributed by atoms with Crippen LogP contribution < -0.4 is 0 Å². The van der Waals surface area contributed by atoms with E-state index in [1.54, 1.807) is 12.3 Å². The van der Waals surface area contributed by atoms with Crippen molar-refractivity contribution in [3.05, 3.63) is 35.3 Å². The summed E-state index contributed by atoms with van der Waals surface area (Å²) >= 11 is 1.30. The lowest BCUT2D eigenvalue weighted by molar-refractivity contribution is 0.0692. The number of aryl methyl sites for hydroxylation is 3. The SMILES string of the molecule is Cn1ccnc1Sc1nc2c(cc1C(=O)O)CCC2. The molecule has 1 N–H and O–H groups in total. The molecule has 0 fully saturated rings.